The Kier molecular flexibility index (Phi) is 2.48. The zero-order valence-electron chi connectivity index (χ0n) is 6.04. The number of rotatable bonds is 2. The zero-order chi connectivity index (χ0) is 8.27. The van der Waals surface area contributed by atoms with Gasteiger partial charge >= 0.3 is 0 Å². The van der Waals surface area contributed by atoms with Crippen LogP contribution in [0.2, 0.25) is 5.02 Å². The fourth-order valence-electron chi connectivity index (χ4n) is 0.596. The maximum Gasteiger partial charge on any atom is 0.254 e. The third-order valence-electron chi connectivity index (χ3n) is 1.07. The van der Waals surface area contributed by atoms with Crippen LogP contribution in [-0.2, 0) is 0 Å². The maximum absolute atomic E-state index is 5.72. The average Bonchev–Trinajstić information content (AvgIpc) is 1.99. The fraction of sp³-hybridized carbons (Fsp3) is 0.333. The molecule has 0 fully saturated rings. The van der Waals surface area contributed by atoms with E-state index in [9.17, 15) is 0 Å². The summed E-state index contributed by atoms with van der Waals surface area (Å²) in [5, 5.41) is 7.55. The number of nitrogens with two attached hydrogens (primary N) is 1. The molecule has 0 unspecified atom stereocenters. The third-order valence-corrected chi connectivity index (χ3v) is 1.45. The van der Waals surface area contributed by atoms with Crippen molar-refractivity contribution in [1.82, 2.24) is 10.2 Å². The van der Waals surface area contributed by atoms with Crippen molar-refractivity contribution in [3.05, 3.63) is 11.2 Å². The van der Waals surface area contributed by atoms with E-state index in [-0.39, 0.29) is 5.88 Å². The third kappa shape index (κ3) is 1.71. The molecule has 1 rings (SSSR count). The predicted molar refractivity (Wildman–Crippen MR) is 42.6 cm³/mol. The molecule has 0 aromatic carbocycles. The molecule has 0 spiro atoms. The Hall–Kier alpha value is -1.03. The summed E-state index contributed by atoms with van der Waals surface area (Å²) in [6.07, 6.45) is 1.38. The van der Waals surface area contributed by atoms with E-state index in [1.165, 1.54) is 6.20 Å². The lowest BCUT2D eigenvalue weighted by Crippen LogP contribution is -1.99. The highest BCUT2D eigenvalue weighted by atomic mass is 35.5. The fourth-order valence-corrected chi connectivity index (χ4v) is 0.738. The summed E-state index contributed by atoms with van der Waals surface area (Å²) >= 11 is 5.72. The standard InChI is InChI=1S/C6H8ClN3O/c1-2-11-6-5(7)4(8)3-9-10-6/h3H,2H2,1H3,(H2,8,10). The van der Waals surface area contributed by atoms with Gasteiger partial charge in [0.1, 0.15) is 5.02 Å². The molecule has 0 bridgehead atoms. The van der Waals surface area contributed by atoms with Gasteiger partial charge in [0.2, 0.25) is 0 Å². The average molecular weight is 174 g/mol. The van der Waals surface area contributed by atoms with Crippen molar-refractivity contribution < 1.29 is 4.74 Å². The lowest BCUT2D eigenvalue weighted by atomic mass is 10.5. The van der Waals surface area contributed by atoms with Gasteiger partial charge in [-0.25, -0.2) is 0 Å². The van der Waals surface area contributed by atoms with E-state index in [1.807, 2.05) is 6.92 Å². The molecule has 0 amide bonds. The molecule has 0 atom stereocenters. The minimum absolute atomic E-state index is 0.286. The summed E-state index contributed by atoms with van der Waals surface area (Å²) in [4.78, 5) is 0. The molecule has 60 valence electrons. The van der Waals surface area contributed by atoms with Gasteiger partial charge in [-0.15, -0.1) is 5.10 Å². The van der Waals surface area contributed by atoms with Gasteiger partial charge in [-0.2, -0.15) is 5.10 Å². The normalized spacial score (nSPS) is 9.64. The minimum Gasteiger partial charge on any atom is -0.476 e. The molecule has 1 aromatic rings. The van der Waals surface area contributed by atoms with Crippen molar-refractivity contribution in [1.29, 1.82) is 0 Å². The van der Waals surface area contributed by atoms with Gasteiger partial charge in [-0.3, -0.25) is 0 Å². The second-order valence-electron chi connectivity index (χ2n) is 1.85. The van der Waals surface area contributed by atoms with Crippen molar-refractivity contribution in [3.63, 3.8) is 0 Å². The molecule has 5 heteroatoms. The number of ether oxygens (including phenoxy) is 1. The Bertz CT molecular complexity index is 254. The van der Waals surface area contributed by atoms with Gasteiger partial charge < -0.3 is 10.5 Å². The van der Waals surface area contributed by atoms with Crippen molar-refractivity contribution in [3.8, 4) is 5.88 Å². The largest absolute Gasteiger partial charge is 0.476 e. The summed E-state index contributed by atoms with van der Waals surface area (Å²) in [5.41, 5.74) is 5.82. The van der Waals surface area contributed by atoms with E-state index in [0.29, 0.717) is 17.3 Å². The summed E-state index contributed by atoms with van der Waals surface area (Å²) in [7, 11) is 0. The number of nitrogens with zero attached hydrogens (tertiary/aromatic N) is 2. The molecule has 0 aliphatic rings. The highest BCUT2D eigenvalue weighted by molar-refractivity contribution is 6.34. The summed E-state index contributed by atoms with van der Waals surface area (Å²) < 4.78 is 5.03. The van der Waals surface area contributed by atoms with Crippen LogP contribution in [0.25, 0.3) is 0 Å². The van der Waals surface area contributed by atoms with Crippen LogP contribution < -0.4 is 10.5 Å². The Morgan fingerprint density at radius 2 is 2.45 bits per heavy atom. The lowest BCUT2D eigenvalue weighted by molar-refractivity contribution is 0.323. The van der Waals surface area contributed by atoms with Gasteiger partial charge in [-0.1, -0.05) is 11.6 Å². The van der Waals surface area contributed by atoms with Gasteiger partial charge in [0, 0.05) is 0 Å². The van der Waals surface area contributed by atoms with Crippen LogP contribution in [0.4, 0.5) is 5.69 Å². The smallest absolute Gasteiger partial charge is 0.254 e. The Balaban J connectivity index is 2.96. The molecule has 0 aliphatic carbocycles. The molecule has 0 radical (unpaired) electrons. The van der Waals surface area contributed by atoms with E-state index in [1.54, 1.807) is 0 Å². The van der Waals surface area contributed by atoms with Crippen molar-refractivity contribution in [2.24, 2.45) is 0 Å². The van der Waals surface area contributed by atoms with Crippen LogP contribution in [0.15, 0.2) is 6.20 Å². The van der Waals surface area contributed by atoms with E-state index in [0.717, 1.165) is 0 Å². The molecule has 2 N–H and O–H groups in total. The first-order valence-corrected chi connectivity index (χ1v) is 3.53. The van der Waals surface area contributed by atoms with E-state index in [4.69, 9.17) is 22.1 Å². The molecule has 4 nitrogen and oxygen atoms in total. The number of anilines is 1. The number of aromatic nitrogens is 2. The van der Waals surface area contributed by atoms with Crippen LogP contribution >= 0.6 is 11.6 Å². The monoisotopic (exact) mass is 173 g/mol. The van der Waals surface area contributed by atoms with E-state index in [2.05, 4.69) is 10.2 Å². The zero-order valence-corrected chi connectivity index (χ0v) is 6.80. The molecule has 0 aliphatic heterocycles. The van der Waals surface area contributed by atoms with Gasteiger partial charge in [0.25, 0.3) is 5.88 Å². The summed E-state index contributed by atoms with van der Waals surface area (Å²) in [6.45, 7) is 2.33. The van der Waals surface area contributed by atoms with E-state index < -0.39 is 0 Å². The van der Waals surface area contributed by atoms with E-state index >= 15 is 0 Å². The number of hydrogen-bond donors (Lipinski definition) is 1. The SMILES string of the molecule is CCOc1nncc(N)c1Cl. The van der Waals surface area contributed by atoms with Crippen LogP contribution in [0, 0.1) is 0 Å². The Morgan fingerprint density at radius 3 is 3.09 bits per heavy atom. The maximum atomic E-state index is 5.72. The van der Waals surface area contributed by atoms with Crippen molar-refractivity contribution in [2.45, 2.75) is 6.92 Å². The second kappa shape index (κ2) is 3.39. The number of halogens is 1. The van der Waals surface area contributed by atoms with Crippen LogP contribution in [0.5, 0.6) is 5.88 Å². The molecule has 0 saturated carbocycles. The number of nitrogen functional groups attached to an aromatic ring is 1. The highest BCUT2D eigenvalue weighted by Gasteiger charge is 2.05. The Morgan fingerprint density at radius 1 is 1.73 bits per heavy atom. The minimum atomic E-state index is 0.286. The molecular formula is C6H8ClN3O. The van der Waals surface area contributed by atoms with Gasteiger partial charge in [-0.05, 0) is 6.92 Å². The molecule has 0 saturated heterocycles. The molecular weight excluding hydrogens is 166 g/mol. The molecule has 1 heterocycles. The summed E-state index contributed by atoms with van der Waals surface area (Å²) in [6, 6.07) is 0. The van der Waals surface area contributed by atoms with Crippen LogP contribution in [0.3, 0.4) is 0 Å². The van der Waals surface area contributed by atoms with Gasteiger partial charge in [0.15, 0.2) is 0 Å². The van der Waals surface area contributed by atoms with Crippen LogP contribution in [0.1, 0.15) is 6.92 Å². The quantitative estimate of drug-likeness (QED) is 0.728. The van der Waals surface area contributed by atoms with Crippen LogP contribution in [-0.4, -0.2) is 16.8 Å². The first-order chi connectivity index (χ1) is 5.25. The highest BCUT2D eigenvalue weighted by Crippen LogP contribution is 2.25. The topological polar surface area (TPSA) is 61.0 Å². The lowest BCUT2D eigenvalue weighted by Gasteiger charge is -2.03. The Labute approximate surface area is 69.3 Å². The first kappa shape index (κ1) is 8.07. The second-order valence-corrected chi connectivity index (χ2v) is 2.23. The molecule has 1 aromatic heterocycles. The van der Waals surface area contributed by atoms with Crippen molar-refractivity contribution >= 4 is 17.3 Å². The summed E-state index contributed by atoms with van der Waals surface area (Å²) in [5.74, 6) is 0.286. The molecule has 11 heavy (non-hydrogen) atoms. The van der Waals surface area contributed by atoms with Gasteiger partial charge in [0.05, 0.1) is 18.5 Å². The predicted octanol–water partition coefficient (Wildman–Crippen LogP) is 1.11. The first-order valence-electron chi connectivity index (χ1n) is 3.15. The van der Waals surface area contributed by atoms with Crippen molar-refractivity contribution in [2.75, 3.05) is 12.3 Å². The number of hydrogen-bond acceptors (Lipinski definition) is 4.